The van der Waals surface area contributed by atoms with Gasteiger partial charge in [-0.1, -0.05) is 12.1 Å². The number of imide groups is 1. The van der Waals surface area contributed by atoms with E-state index in [4.69, 9.17) is 19.3 Å². The van der Waals surface area contributed by atoms with E-state index in [1.54, 1.807) is 30.3 Å². The maximum absolute atomic E-state index is 11.9. The Labute approximate surface area is 160 Å². The highest BCUT2D eigenvalue weighted by atomic mass is 16.6. The van der Waals surface area contributed by atoms with Crippen molar-refractivity contribution >= 4 is 23.6 Å². The number of benzene rings is 2. The third kappa shape index (κ3) is 4.98. The van der Waals surface area contributed by atoms with Crippen LogP contribution in [0.5, 0.6) is 11.5 Å². The predicted octanol–water partition coefficient (Wildman–Crippen LogP) is 1.46. The summed E-state index contributed by atoms with van der Waals surface area (Å²) in [5.41, 5.74) is 1.28. The van der Waals surface area contributed by atoms with Gasteiger partial charge in [0.1, 0.15) is 13.2 Å². The van der Waals surface area contributed by atoms with Crippen molar-refractivity contribution in [2.45, 2.75) is 6.61 Å². The number of amides is 3. The fourth-order valence-electron chi connectivity index (χ4n) is 2.41. The van der Waals surface area contributed by atoms with E-state index in [1.165, 1.54) is 12.1 Å². The number of rotatable bonds is 5. The number of aliphatic hydroxyl groups excluding tert-OH is 1. The summed E-state index contributed by atoms with van der Waals surface area (Å²) in [6.45, 7) is 0.111. The van der Waals surface area contributed by atoms with Crippen LogP contribution in [0.1, 0.15) is 15.9 Å². The Bertz CT molecular complexity index is 880. The zero-order chi connectivity index (χ0) is 19.9. The molecule has 1 heterocycles. The number of anilines is 1. The van der Waals surface area contributed by atoms with Crippen molar-refractivity contribution in [1.82, 2.24) is 5.32 Å². The molecule has 1 aliphatic heterocycles. The first-order valence-electron chi connectivity index (χ1n) is 8.42. The first-order valence-corrected chi connectivity index (χ1v) is 8.42. The number of aliphatic hydroxyl groups is 1. The Morgan fingerprint density at radius 2 is 1.71 bits per heavy atom. The quantitative estimate of drug-likeness (QED) is 0.665. The number of carbonyl (C=O) groups excluding carboxylic acids is 3. The van der Waals surface area contributed by atoms with E-state index in [0.717, 1.165) is 0 Å². The van der Waals surface area contributed by atoms with Crippen molar-refractivity contribution in [2.75, 3.05) is 25.1 Å². The van der Waals surface area contributed by atoms with Crippen LogP contribution in [0.25, 0.3) is 0 Å². The minimum absolute atomic E-state index is 0.143. The zero-order valence-corrected chi connectivity index (χ0v) is 14.8. The number of hydrogen-bond acceptors (Lipinski definition) is 7. The first kappa shape index (κ1) is 19.2. The average molecular weight is 386 g/mol. The number of nitrogens with one attached hydrogen (secondary N) is 2. The monoisotopic (exact) mass is 386 g/mol. The van der Waals surface area contributed by atoms with Gasteiger partial charge >= 0.3 is 12.0 Å². The van der Waals surface area contributed by atoms with Gasteiger partial charge in [0.15, 0.2) is 18.1 Å². The van der Waals surface area contributed by atoms with E-state index < -0.39 is 24.5 Å². The lowest BCUT2D eigenvalue weighted by molar-refractivity contribution is -0.123. The van der Waals surface area contributed by atoms with Gasteiger partial charge in [-0.2, -0.15) is 0 Å². The summed E-state index contributed by atoms with van der Waals surface area (Å²) in [5, 5.41) is 13.5. The van der Waals surface area contributed by atoms with Crippen molar-refractivity contribution in [3.63, 3.8) is 0 Å². The fourth-order valence-corrected chi connectivity index (χ4v) is 2.41. The van der Waals surface area contributed by atoms with Crippen molar-refractivity contribution in [2.24, 2.45) is 0 Å². The zero-order valence-electron chi connectivity index (χ0n) is 14.8. The molecule has 0 aliphatic carbocycles. The van der Waals surface area contributed by atoms with Gasteiger partial charge in [0, 0.05) is 11.8 Å². The van der Waals surface area contributed by atoms with E-state index in [0.29, 0.717) is 36.0 Å². The summed E-state index contributed by atoms with van der Waals surface area (Å²) in [7, 11) is 0. The molecule has 28 heavy (non-hydrogen) atoms. The predicted molar refractivity (Wildman–Crippen MR) is 97.2 cm³/mol. The van der Waals surface area contributed by atoms with Crippen molar-refractivity contribution in [3.05, 3.63) is 53.6 Å². The summed E-state index contributed by atoms with van der Waals surface area (Å²) in [6.07, 6.45) is 0. The topological polar surface area (TPSA) is 123 Å². The molecular formula is C19H18N2O7. The van der Waals surface area contributed by atoms with Crippen LogP contribution in [0.15, 0.2) is 42.5 Å². The second kappa shape index (κ2) is 8.87. The van der Waals surface area contributed by atoms with Crippen LogP contribution in [-0.2, 0) is 16.1 Å². The Balaban J connectivity index is 1.46. The van der Waals surface area contributed by atoms with Gasteiger partial charge in [0.25, 0.3) is 5.91 Å². The minimum Gasteiger partial charge on any atom is -0.486 e. The lowest BCUT2D eigenvalue weighted by atomic mass is 10.1. The lowest BCUT2D eigenvalue weighted by Gasteiger charge is -2.19. The van der Waals surface area contributed by atoms with Gasteiger partial charge in [0.2, 0.25) is 0 Å². The third-order valence-electron chi connectivity index (χ3n) is 3.76. The number of fused-ring (bicyclic) bond motifs is 1. The molecule has 0 fully saturated rings. The van der Waals surface area contributed by atoms with Gasteiger partial charge in [-0.15, -0.1) is 0 Å². The summed E-state index contributed by atoms with van der Waals surface area (Å²) in [4.78, 5) is 35.6. The number of urea groups is 1. The molecule has 3 rings (SSSR count). The molecule has 146 valence electrons. The summed E-state index contributed by atoms with van der Waals surface area (Å²) < 4.78 is 15.7. The van der Waals surface area contributed by atoms with E-state index in [1.807, 2.05) is 0 Å². The van der Waals surface area contributed by atoms with Gasteiger partial charge < -0.3 is 24.6 Å². The van der Waals surface area contributed by atoms with Gasteiger partial charge in [0.05, 0.1) is 12.2 Å². The van der Waals surface area contributed by atoms with Crippen LogP contribution >= 0.6 is 0 Å². The van der Waals surface area contributed by atoms with Crippen LogP contribution < -0.4 is 20.1 Å². The highest BCUT2D eigenvalue weighted by Gasteiger charge is 2.15. The van der Waals surface area contributed by atoms with Crippen LogP contribution in [0.3, 0.4) is 0 Å². The van der Waals surface area contributed by atoms with Crippen LogP contribution in [0.4, 0.5) is 10.5 Å². The molecule has 0 spiro atoms. The van der Waals surface area contributed by atoms with Crippen molar-refractivity contribution < 1.29 is 33.7 Å². The number of esters is 1. The van der Waals surface area contributed by atoms with Crippen LogP contribution in [0.2, 0.25) is 0 Å². The average Bonchev–Trinajstić information content (AvgIpc) is 2.72. The summed E-state index contributed by atoms with van der Waals surface area (Å²) in [5.74, 6) is -0.425. The maximum Gasteiger partial charge on any atom is 0.338 e. The van der Waals surface area contributed by atoms with Crippen molar-refractivity contribution in [3.8, 4) is 11.5 Å². The molecule has 9 nitrogen and oxygen atoms in total. The van der Waals surface area contributed by atoms with E-state index in [-0.39, 0.29) is 12.2 Å². The van der Waals surface area contributed by atoms with Gasteiger partial charge in [-0.25, -0.2) is 9.59 Å². The number of ether oxygens (including phenoxy) is 3. The Morgan fingerprint density at radius 1 is 1.00 bits per heavy atom. The molecule has 0 unspecified atom stereocenters. The Morgan fingerprint density at radius 3 is 2.43 bits per heavy atom. The second-order valence-electron chi connectivity index (χ2n) is 5.79. The molecule has 3 N–H and O–H groups in total. The van der Waals surface area contributed by atoms with Crippen LogP contribution in [-0.4, -0.2) is 42.8 Å². The molecule has 0 aromatic heterocycles. The summed E-state index contributed by atoms with van der Waals surface area (Å²) >= 11 is 0. The van der Waals surface area contributed by atoms with E-state index >= 15 is 0 Å². The smallest absolute Gasteiger partial charge is 0.338 e. The molecule has 3 amide bonds. The normalized spacial score (nSPS) is 12.0. The molecule has 2 aromatic rings. The number of hydrogen-bond donors (Lipinski definition) is 3. The second-order valence-corrected chi connectivity index (χ2v) is 5.79. The van der Waals surface area contributed by atoms with E-state index in [2.05, 4.69) is 10.6 Å². The molecule has 9 heteroatoms. The molecular weight excluding hydrogens is 368 g/mol. The van der Waals surface area contributed by atoms with Gasteiger partial charge in [-0.05, 0) is 29.8 Å². The minimum atomic E-state index is -0.782. The molecule has 2 aromatic carbocycles. The third-order valence-corrected chi connectivity index (χ3v) is 3.76. The Kier molecular flexibility index (Phi) is 6.07. The molecule has 0 saturated heterocycles. The lowest BCUT2D eigenvalue weighted by Crippen LogP contribution is -2.37. The summed E-state index contributed by atoms with van der Waals surface area (Å²) in [6, 6.07) is 10.1. The van der Waals surface area contributed by atoms with E-state index in [9.17, 15) is 14.4 Å². The SMILES string of the molecule is O=C(COC(=O)c1ccc(CO)cc1)NC(=O)Nc1ccc2c(c1)OCCO2. The first-order chi connectivity index (χ1) is 13.5. The standard InChI is InChI=1S/C19H18N2O7/c22-10-12-1-3-13(4-2-12)18(24)28-11-17(23)21-19(25)20-14-5-6-15-16(9-14)27-8-7-26-15/h1-6,9,22H,7-8,10-11H2,(H2,20,21,23,25). The Hall–Kier alpha value is -3.59. The molecule has 1 aliphatic rings. The van der Waals surface area contributed by atoms with Gasteiger partial charge in [-0.3, -0.25) is 10.1 Å². The molecule has 0 atom stereocenters. The highest BCUT2D eigenvalue weighted by molar-refractivity contribution is 6.02. The van der Waals surface area contributed by atoms with Crippen LogP contribution in [0, 0.1) is 0 Å². The maximum atomic E-state index is 11.9. The molecule has 0 bridgehead atoms. The molecule has 0 radical (unpaired) electrons. The van der Waals surface area contributed by atoms with Crippen molar-refractivity contribution in [1.29, 1.82) is 0 Å². The molecule has 0 saturated carbocycles. The largest absolute Gasteiger partial charge is 0.486 e. The fraction of sp³-hybridized carbons (Fsp3) is 0.211. The number of carbonyl (C=O) groups is 3. The highest BCUT2D eigenvalue weighted by Crippen LogP contribution is 2.32.